The van der Waals surface area contributed by atoms with E-state index in [9.17, 15) is 8.78 Å². The van der Waals surface area contributed by atoms with E-state index in [1.165, 1.54) is 6.07 Å². The maximum atomic E-state index is 13.2. The van der Waals surface area contributed by atoms with Gasteiger partial charge in [0.25, 0.3) is 0 Å². The molecule has 0 aromatic heterocycles. The first-order valence-corrected chi connectivity index (χ1v) is 6.05. The molecule has 0 saturated carbocycles. The second kappa shape index (κ2) is 5.80. The third-order valence-corrected chi connectivity index (χ3v) is 2.85. The van der Waals surface area contributed by atoms with Crippen molar-refractivity contribution in [1.82, 2.24) is 0 Å². The van der Waals surface area contributed by atoms with Crippen LogP contribution in [0.1, 0.15) is 24.1 Å². The Bertz CT molecular complexity index is 555. The summed E-state index contributed by atoms with van der Waals surface area (Å²) in [6.07, 6.45) is 0. The zero-order valence-corrected chi connectivity index (χ0v) is 10.6. The first-order valence-electron chi connectivity index (χ1n) is 6.05. The minimum absolute atomic E-state index is 0.495. The monoisotopic (exact) mass is 263 g/mol. The zero-order chi connectivity index (χ0) is 13.8. The number of hydrogen-bond acceptors (Lipinski definition) is 2. The van der Waals surface area contributed by atoms with Crippen LogP contribution in [0, 0.1) is 11.6 Å². The summed E-state index contributed by atoms with van der Waals surface area (Å²) in [6, 6.07) is 10.4. The van der Waals surface area contributed by atoms with Gasteiger partial charge >= 0.3 is 0 Å². The van der Waals surface area contributed by atoms with E-state index in [-0.39, 0.29) is 0 Å². The Morgan fingerprint density at radius 1 is 1.00 bits per heavy atom. The lowest BCUT2D eigenvalue weighted by Gasteiger charge is -2.13. The second-order valence-electron chi connectivity index (χ2n) is 4.15. The van der Waals surface area contributed by atoms with E-state index >= 15 is 0 Å². The van der Waals surface area contributed by atoms with E-state index < -0.39 is 17.7 Å². The predicted molar refractivity (Wildman–Crippen MR) is 70.0 cm³/mol. The number of rotatable bonds is 4. The molecule has 0 aliphatic rings. The van der Waals surface area contributed by atoms with Gasteiger partial charge in [-0.05, 0) is 42.3 Å². The van der Waals surface area contributed by atoms with E-state index in [0.29, 0.717) is 12.2 Å². The maximum absolute atomic E-state index is 13.2. The molecule has 0 aliphatic heterocycles. The lowest BCUT2D eigenvalue weighted by atomic mass is 9.99. The van der Waals surface area contributed by atoms with Crippen molar-refractivity contribution in [3.8, 4) is 5.75 Å². The average molecular weight is 263 g/mol. The Hall–Kier alpha value is -1.94. The molecule has 2 N–H and O–H groups in total. The van der Waals surface area contributed by atoms with Gasteiger partial charge in [-0.25, -0.2) is 8.78 Å². The fraction of sp³-hybridized carbons (Fsp3) is 0.200. The van der Waals surface area contributed by atoms with E-state index in [1.807, 2.05) is 19.1 Å². The van der Waals surface area contributed by atoms with Crippen LogP contribution in [0.25, 0.3) is 0 Å². The fourth-order valence-electron chi connectivity index (χ4n) is 1.84. The van der Waals surface area contributed by atoms with Crippen LogP contribution in [0.2, 0.25) is 0 Å². The predicted octanol–water partition coefficient (Wildman–Crippen LogP) is 3.41. The summed E-state index contributed by atoms with van der Waals surface area (Å²) in [4.78, 5) is 0. The highest BCUT2D eigenvalue weighted by atomic mass is 19.2. The molecule has 0 spiro atoms. The largest absolute Gasteiger partial charge is 0.494 e. The van der Waals surface area contributed by atoms with Gasteiger partial charge in [0.1, 0.15) is 5.75 Å². The lowest BCUT2D eigenvalue weighted by Crippen LogP contribution is -2.12. The van der Waals surface area contributed by atoms with Crippen molar-refractivity contribution in [2.24, 2.45) is 5.73 Å². The molecule has 0 saturated heterocycles. The Balaban J connectivity index is 2.22. The highest BCUT2D eigenvalue weighted by molar-refractivity contribution is 5.35. The van der Waals surface area contributed by atoms with Gasteiger partial charge in [-0.3, -0.25) is 0 Å². The number of hydrogen-bond donors (Lipinski definition) is 1. The minimum atomic E-state index is -0.890. The van der Waals surface area contributed by atoms with Crippen LogP contribution in [0.4, 0.5) is 8.78 Å². The first kappa shape index (κ1) is 13.5. The molecule has 1 atom stereocenters. The number of nitrogens with two attached hydrogens (primary N) is 1. The van der Waals surface area contributed by atoms with E-state index in [2.05, 4.69) is 0 Å². The highest BCUT2D eigenvalue weighted by Crippen LogP contribution is 2.23. The van der Waals surface area contributed by atoms with Crippen molar-refractivity contribution in [3.05, 3.63) is 65.2 Å². The quantitative estimate of drug-likeness (QED) is 0.917. The molecular weight excluding hydrogens is 248 g/mol. The van der Waals surface area contributed by atoms with Gasteiger partial charge in [0.2, 0.25) is 0 Å². The maximum Gasteiger partial charge on any atom is 0.159 e. The van der Waals surface area contributed by atoms with E-state index in [4.69, 9.17) is 10.5 Å². The number of ether oxygens (including phenoxy) is 1. The summed E-state index contributed by atoms with van der Waals surface area (Å²) in [5, 5.41) is 0. The van der Waals surface area contributed by atoms with Gasteiger partial charge < -0.3 is 10.5 Å². The first-order chi connectivity index (χ1) is 9.11. The minimum Gasteiger partial charge on any atom is -0.494 e. The Morgan fingerprint density at radius 2 is 1.63 bits per heavy atom. The molecule has 0 bridgehead atoms. The van der Waals surface area contributed by atoms with Crippen LogP contribution in [0.15, 0.2) is 42.5 Å². The van der Waals surface area contributed by atoms with Crippen molar-refractivity contribution in [2.75, 3.05) is 6.61 Å². The molecule has 100 valence electrons. The van der Waals surface area contributed by atoms with Crippen LogP contribution in [0.3, 0.4) is 0 Å². The SMILES string of the molecule is CCOc1ccc(C(N)c2ccc(F)c(F)c2)cc1. The molecule has 19 heavy (non-hydrogen) atoms. The van der Waals surface area contributed by atoms with Crippen molar-refractivity contribution in [1.29, 1.82) is 0 Å². The van der Waals surface area contributed by atoms with Crippen molar-refractivity contribution in [2.45, 2.75) is 13.0 Å². The van der Waals surface area contributed by atoms with Gasteiger partial charge in [-0.15, -0.1) is 0 Å². The summed E-state index contributed by atoms with van der Waals surface area (Å²) in [6.45, 7) is 2.50. The molecule has 0 aliphatic carbocycles. The van der Waals surface area contributed by atoms with Crippen molar-refractivity contribution < 1.29 is 13.5 Å². The van der Waals surface area contributed by atoms with Gasteiger partial charge in [-0.1, -0.05) is 18.2 Å². The molecule has 2 aromatic carbocycles. The summed E-state index contributed by atoms with van der Waals surface area (Å²) in [5.41, 5.74) is 7.37. The normalized spacial score (nSPS) is 12.2. The van der Waals surface area contributed by atoms with Gasteiger partial charge in [0.15, 0.2) is 11.6 Å². The van der Waals surface area contributed by atoms with Crippen LogP contribution < -0.4 is 10.5 Å². The zero-order valence-electron chi connectivity index (χ0n) is 10.6. The fourth-order valence-corrected chi connectivity index (χ4v) is 1.84. The number of halogens is 2. The Morgan fingerprint density at radius 3 is 2.21 bits per heavy atom. The topological polar surface area (TPSA) is 35.2 Å². The number of benzene rings is 2. The highest BCUT2D eigenvalue weighted by Gasteiger charge is 2.11. The summed E-state index contributed by atoms with van der Waals surface area (Å²) < 4.78 is 31.4. The molecule has 0 radical (unpaired) electrons. The molecule has 2 aromatic rings. The molecule has 2 rings (SSSR count). The third-order valence-electron chi connectivity index (χ3n) is 2.85. The van der Waals surface area contributed by atoms with Crippen molar-refractivity contribution >= 4 is 0 Å². The van der Waals surface area contributed by atoms with E-state index in [0.717, 1.165) is 23.4 Å². The Kier molecular flexibility index (Phi) is 4.12. The van der Waals surface area contributed by atoms with Crippen LogP contribution in [-0.2, 0) is 0 Å². The van der Waals surface area contributed by atoms with Gasteiger partial charge in [0.05, 0.1) is 12.6 Å². The Labute approximate surface area is 110 Å². The lowest BCUT2D eigenvalue weighted by molar-refractivity contribution is 0.340. The summed E-state index contributed by atoms with van der Waals surface area (Å²) in [7, 11) is 0. The molecule has 0 heterocycles. The van der Waals surface area contributed by atoms with Crippen LogP contribution in [-0.4, -0.2) is 6.61 Å². The van der Waals surface area contributed by atoms with E-state index in [1.54, 1.807) is 12.1 Å². The van der Waals surface area contributed by atoms with Gasteiger partial charge in [-0.2, -0.15) is 0 Å². The summed E-state index contributed by atoms with van der Waals surface area (Å²) >= 11 is 0. The molecular formula is C15H15F2NO. The average Bonchev–Trinajstić information content (AvgIpc) is 2.42. The third kappa shape index (κ3) is 3.09. The summed E-state index contributed by atoms with van der Waals surface area (Å²) in [5.74, 6) is -1.01. The molecule has 1 unspecified atom stereocenters. The second-order valence-corrected chi connectivity index (χ2v) is 4.15. The molecule has 0 fully saturated rings. The molecule has 4 heteroatoms. The van der Waals surface area contributed by atoms with Crippen LogP contribution in [0.5, 0.6) is 5.75 Å². The smallest absolute Gasteiger partial charge is 0.159 e. The van der Waals surface area contributed by atoms with Crippen LogP contribution >= 0.6 is 0 Å². The van der Waals surface area contributed by atoms with Gasteiger partial charge in [0, 0.05) is 0 Å². The molecule has 2 nitrogen and oxygen atoms in total. The van der Waals surface area contributed by atoms with Crippen molar-refractivity contribution in [3.63, 3.8) is 0 Å². The molecule has 0 amide bonds. The standard InChI is InChI=1S/C15H15F2NO/c1-2-19-12-6-3-10(4-7-12)15(18)11-5-8-13(16)14(17)9-11/h3-9,15H,2,18H2,1H3.